The second-order valence-electron chi connectivity index (χ2n) is 8.88. The van der Waals surface area contributed by atoms with Crippen molar-refractivity contribution in [2.45, 2.75) is 97.2 Å². The third-order valence-corrected chi connectivity index (χ3v) is 10.2. The lowest BCUT2D eigenvalue weighted by Gasteiger charge is -2.37. The Labute approximate surface area is 139 Å². The number of carbonyl (C=O) groups is 1. The standard InChI is InChI=1S/C19H38O2Si/c1-16(15-21-22(5,6)19(2,3)4)14-17-12-10-8-7-9-11-13-18(17)20/h16-17H,7-15H2,1-6H3/t16-,17?/m1/s1. The lowest BCUT2D eigenvalue weighted by molar-refractivity contribution is -0.123. The largest absolute Gasteiger partial charge is 0.417 e. The highest BCUT2D eigenvalue weighted by atomic mass is 28.4. The van der Waals surface area contributed by atoms with Crippen molar-refractivity contribution in [1.29, 1.82) is 0 Å². The zero-order valence-electron chi connectivity index (χ0n) is 15.8. The Kier molecular flexibility index (Phi) is 7.80. The molecule has 130 valence electrons. The molecule has 0 amide bonds. The van der Waals surface area contributed by atoms with Crippen molar-refractivity contribution in [2.75, 3.05) is 6.61 Å². The summed E-state index contributed by atoms with van der Waals surface area (Å²) in [6, 6.07) is 0. The molecule has 0 spiro atoms. The van der Waals surface area contributed by atoms with Crippen LogP contribution in [0.4, 0.5) is 0 Å². The van der Waals surface area contributed by atoms with Gasteiger partial charge in [-0.2, -0.15) is 0 Å². The predicted octanol–water partition coefficient (Wildman–Crippen LogP) is 5.96. The van der Waals surface area contributed by atoms with Crippen molar-refractivity contribution in [3.63, 3.8) is 0 Å². The highest BCUT2D eigenvalue weighted by Gasteiger charge is 2.37. The van der Waals surface area contributed by atoms with Crippen molar-refractivity contribution >= 4 is 14.1 Å². The quantitative estimate of drug-likeness (QED) is 0.582. The third-order valence-electron chi connectivity index (χ3n) is 5.65. The molecule has 0 aromatic carbocycles. The van der Waals surface area contributed by atoms with Crippen molar-refractivity contribution in [3.8, 4) is 0 Å². The van der Waals surface area contributed by atoms with Gasteiger partial charge in [0.25, 0.3) is 0 Å². The molecule has 0 N–H and O–H groups in total. The van der Waals surface area contributed by atoms with E-state index in [4.69, 9.17) is 4.43 Å². The molecule has 2 nitrogen and oxygen atoms in total. The van der Waals surface area contributed by atoms with E-state index in [1.807, 2.05) is 0 Å². The van der Waals surface area contributed by atoms with Crippen molar-refractivity contribution in [3.05, 3.63) is 0 Å². The average molecular weight is 327 g/mol. The van der Waals surface area contributed by atoms with Crippen molar-refractivity contribution in [1.82, 2.24) is 0 Å². The van der Waals surface area contributed by atoms with E-state index in [1.165, 1.54) is 25.7 Å². The Morgan fingerprint density at radius 2 is 1.73 bits per heavy atom. The fourth-order valence-electron chi connectivity index (χ4n) is 2.96. The van der Waals surface area contributed by atoms with Gasteiger partial charge in [0.2, 0.25) is 0 Å². The molecule has 0 bridgehead atoms. The molecule has 1 aliphatic carbocycles. The van der Waals surface area contributed by atoms with Crippen LogP contribution in [0.3, 0.4) is 0 Å². The molecule has 1 saturated carbocycles. The van der Waals surface area contributed by atoms with E-state index in [9.17, 15) is 4.79 Å². The number of ketones is 1. The number of rotatable bonds is 5. The summed E-state index contributed by atoms with van der Waals surface area (Å²) in [5.41, 5.74) is 0. The molecule has 1 aliphatic rings. The number of carbonyl (C=O) groups excluding carboxylic acids is 1. The highest BCUT2D eigenvalue weighted by Crippen LogP contribution is 2.37. The SMILES string of the molecule is C[C@@H](CO[Si](C)(C)C(C)(C)C)CC1CCCCCCCC1=O. The smallest absolute Gasteiger partial charge is 0.191 e. The van der Waals surface area contributed by atoms with Crippen molar-refractivity contribution < 1.29 is 9.22 Å². The summed E-state index contributed by atoms with van der Waals surface area (Å²) in [7, 11) is -1.66. The van der Waals surface area contributed by atoms with Gasteiger partial charge >= 0.3 is 0 Å². The minimum absolute atomic E-state index is 0.265. The molecule has 0 aromatic heterocycles. The second-order valence-corrected chi connectivity index (χ2v) is 13.7. The normalized spacial score (nSPS) is 23.5. The Morgan fingerprint density at radius 1 is 1.14 bits per heavy atom. The van der Waals surface area contributed by atoms with Crippen LogP contribution in [-0.4, -0.2) is 20.7 Å². The van der Waals surface area contributed by atoms with Gasteiger partial charge in [0, 0.05) is 18.9 Å². The molecular formula is C19H38O2Si. The number of hydrogen-bond donors (Lipinski definition) is 0. The van der Waals surface area contributed by atoms with Crippen LogP contribution < -0.4 is 0 Å². The van der Waals surface area contributed by atoms with Gasteiger partial charge in [0.05, 0.1) is 0 Å². The van der Waals surface area contributed by atoms with Gasteiger partial charge in [-0.3, -0.25) is 4.79 Å². The monoisotopic (exact) mass is 326 g/mol. The van der Waals surface area contributed by atoms with E-state index in [0.29, 0.717) is 11.7 Å². The van der Waals surface area contributed by atoms with Crippen LogP contribution in [0.2, 0.25) is 18.1 Å². The summed E-state index contributed by atoms with van der Waals surface area (Å²) in [4.78, 5) is 12.4. The molecule has 0 heterocycles. The molecule has 2 atom stereocenters. The Morgan fingerprint density at radius 3 is 2.36 bits per heavy atom. The van der Waals surface area contributed by atoms with Crippen LogP contribution in [0.25, 0.3) is 0 Å². The Hall–Kier alpha value is -0.153. The zero-order valence-corrected chi connectivity index (χ0v) is 16.8. The van der Waals surface area contributed by atoms with E-state index in [-0.39, 0.29) is 11.0 Å². The van der Waals surface area contributed by atoms with Gasteiger partial charge in [-0.05, 0) is 43.3 Å². The fraction of sp³-hybridized carbons (Fsp3) is 0.947. The molecular weight excluding hydrogens is 288 g/mol. The van der Waals surface area contributed by atoms with E-state index in [1.54, 1.807) is 0 Å². The van der Waals surface area contributed by atoms with E-state index < -0.39 is 8.32 Å². The summed E-state index contributed by atoms with van der Waals surface area (Å²) in [6.45, 7) is 14.5. The number of Topliss-reactive ketones (excluding diaryl/α,β-unsaturated/α-hetero) is 1. The highest BCUT2D eigenvalue weighted by molar-refractivity contribution is 6.74. The maximum Gasteiger partial charge on any atom is 0.191 e. The molecule has 1 unspecified atom stereocenters. The Balaban J connectivity index is 2.48. The topological polar surface area (TPSA) is 26.3 Å². The first kappa shape index (κ1) is 19.9. The number of hydrogen-bond acceptors (Lipinski definition) is 2. The first-order valence-corrected chi connectivity index (χ1v) is 12.2. The molecule has 1 rings (SSSR count). The molecule has 0 radical (unpaired) electrons. The van der Waals surface area contributed by atoms with Gasteiger partial charge in [-0.25, -0.2) is 0 Å². The minimum Gasteiger partial charge on any atom is -0.417 e. The van der Waals surface area contributed by atoms with Gasteiger partial charge in [-0.15, -0.1) is 0 Å². The summed E-state index contributed by atoms with van der Waals surface area (Å²) in [5, 5.41) is 0.265. The van der Waals surface area contributed by atoms with Crippen LogP contribution >= 0.6 is 0 Å². The van der Waals surface area contributed by atoms with Crippen LogP contribution in [-0.2, 0) is 9.22 Å². The fourth-order valence-corrected chi connectivity index (χ4v) is 4.09. The van der Waals surface area contributed by atoms with E-state index in [0.717, 1.165) is 32.3 Å². The maximum atomic E-state index is 12.4. The van der Waals surface area contributed by atoms with Crippen LogP contribution in [0.5, 0.6) is 0 Å². The lowest BCUT2D eigenvalue weighted by atomic mass is 9.87. The maximum absolute atomic E-state index is 12.4. The first-order chi connectivity index (χ1) is 10.1. The predicted molar refractivity (Wildman–Crippen MR) is 97.7 cm³/mol. The van der Waals surface area contributed by atoms with Crippen LogP contribution in [0.15, 0.2) is 0 Å². The summed E-state index contributed by atoms with van der Waals surface area (Å²) in [6.07, 6.45) is 9.11. The summed E-state index contributed by atoms with van der Waals surface area (Å²) >= 11 is 0. The van der Waals surface area contributed by atoms with Gasteiger partial charge in [0.15, 0.2) is 8.32 Å². The molecule has 22 heavy (non-hydrogen) atoms. The summed E-state index contributed by atoms with van der Waals surface area (Å²) in [5.74, 6) is 1.29. The van der Waals surface area contributed by atoms with Crippen LogP contribution in [0.1, 0.15) is 79.1 Å². The molecule has 3 heteroatoms. The lowest BCUT2D eigenvalue weighted by Crippen LogP contribution is -2.42. The molecule has 1 fully saturated rings. The van der Waals surface area contributed by atoms with E-state index in [2.05, 4.69) is 40.8 Å². The van der Waals surface area contributed by atoms with Crippen molar-refractivity contribution in [2.24, 2.45) is 11.8 Å². The third kappa shape index (κ3) is 6.53. The molecule has 0 saturated heterocycles. The van der Waals surface area contributed by atoms with E-state index >= 15 is 0 Å². The molecule has 0 aromatic rings. The van der Waals surface area contributed by atoms with Gasteiger partial charge in [0.1, 0.15) is 5.78 Å². The first-order valence-electron chi connectivity index (χ1n) is 9.30. The van der Waals surface area contributed by atoms with Crippen LogP contribution in [0, 0.1) is 11.8 Å². The Bertz CT molecular complexity index is 344. The van der Waals surface area contributed by atoms with Gasteiger partial charge in [-0.1, -0.05) is 53.4 Å². The summed E-state index contributed by atoms with van der Waals surface area (Å²) < 4.78 is 6.34. The van der Waals surface area contributed by atoms with Gasteiger partial charge < -0.3 is 4.43 Å². The minimum atomic E-state index is -1.66. The average Bonchev–Trinajstić information content (AvgIpc) is 2.49. The zero-order chi connectivity index (χ0) is 16.8. The molecule has 0 aliphatic heterocycles. The second kappa shape index (κ2) is 8.63.